The minimum Gasteiger partial charge on any atom is -0.481 e. The van der Waals surface area contributed by atoms with Crippen LogP contribution < -0.4 is 10.9 Å². The number of carboxylic acids is 1. The van der Waals surface area contributed by atoms with Crippen molar-refractivity contribution < 1.29 is 14.7 Å². The van der Waals surface area contributed by atoms with Gasteiger partial charge in [-0.2, -0.15) is 0 Å². The van der Waals surface area contributed by atoms with Crippen molar-refractivity contribution in [3.05, 3.63) is 21.6 Å². The SMILES string of the molecule is Cc1[nH][nH]c(=O)c1CC(=O)NC(CC(=O)O)CC(C)C. The summed E-state index contributed by atoms with van der Waals surface area (Å²) < 4.78 is 0. The smallest absolute Gasteiger partial charge is 0.305 e. The van der Waals surface area contributed by atoms with Crippen molar-refractivity contribution in [2.75, 3.05) is 0 Å². The number of H-pyrrole nitrogens is 2. The monoisotopic (exact) mass is 283 g/mol. The molecule has 20 heavy (non-hydrogen) atoms. The molecule has 7 heteroatoms. The molecule has 0 fully saturated rings. The van der Waals surface area contributed by atoms with Gasteiger partial charge in [-0.25, -0.2) is 0 Å². The Balaban J connectivity index is 2.66. The summed E-state index contributed by atoms with van der Waals surface area (Å²) in [6, 6.07) is -0.418. The summed E-state index contributed by atoms with van der Waals surface area (Å²) in [5.41, 5.74) is 0.668. The number of carboxylic acid groups (broad SMARTS) is 1. The summed E-state index contributed by atoms with van der Waals surface area (Å²) in [6.07, 6.45) is 0.409. The van der Waals surface area contributed by atoms with E-state index < -0.39 is 12.0 Å². The summed E-state index contributed by atoms with van der Waals surface area (Å²) >= 11 is 0. The van der Waals surface area contributed by atoms with Crippen molar-refractivity contribution in [1.29, 1.82) is 0 Å². The van der Waals surface area contributed by atoms with Gasteiger partial charge < -0.3 is 15.5 Å². The zero-order valence-corrected chi connectivity index (χ0v) is 11.9. The highest BCUT2D eigenvalue weighted by Gasteiger charge is 2.19. The largest absolute Gasteiger partial charge is 0.481 e. The van der Waals surface area contributed by atoms with Gasteiger partial charge >= 0.3 is 5.97 Å². The highest BCUT2D eigenvalue weighted by molar-refractivity contribution is 5.79. The first-order valence-electron chi connectivity index (χ1n) is 6.56. The molecule has 0 bridgehead atoms. The van der Waals surface area contributed by atoms with Gasteiger partial charge in [0.15, 0.2) is 0 Å². The number of carbonyl (C=O) groups is 2. The Bertz CT molecular complexity index is 530. The van der Waals surface area contributed by atoms with E-state index in [1.165, 1.54) is 0 Å². The van der Waals surface area contributed by atoms with Gasteiger partial charge in [0.05, 0.1) is 12.8 Å². The Labute approximate surface area is 116 Å². The van der Waals surface area contributed by atoms with Crippen molar-refractivity contribution >= 4 is 11.9 Å². The molecule has 0 aliphatic rings. The number of nitrogens with one attached hydrogen (secondary N) is 3. The summed E-state index contributed by atoms with van der Waals surface area (Å²) in [7, 11) is 0. The molecule has 0 saturated heterocycles. The summed E-state index contributed by atoms with van der Waals surface area (Å²) in [4.78, 5) is 34.2. The Morgan fingerprint density at radius 3 is 2.40 bits per heavy atom. The van der Waals surface area contributed by atoms with Crippen molar-refractivity contribution in [2.45, 2.75) is 46.1 Å². The third-order valence-corrected chi connectivity index (χ3v) is 2.97. The second-order valence-electron chi connectivity index (χ2n) is 5.35. The van der Waals surface area contributed by atoms with Gasteiger partial charge in [0.25, 0.3) is 5.56 Å². The number of rotatable bonds is 7. The molecule has 0 radical (unpaired) electrons. The third-order valence-electron chi connectivity index (χ3n) is 2.97. The van der Waals surface area contributed by atoms with Crippen molar-refractivity contribution in [1.82, 2.24) is 15.5 Å². The van der Waals surface area contributed by atoms with Gasteiger partial charge in [-0.05, 0) is 19.3 Å². The third kappa shape index (κ3) is 4.91. The van der Waals surface area contributed by atoms with Crippen LogP contribution in [0.15, 0.2) is 4.79 Å². The fourth-order valence-corrected chi connectivity index (χ4v) is 2.10. The van der Waals surface area contributed by atoms with Gasteiger partial charge in [-0.15, -0.1) is 0 Å². The topological polar surface area (TPSA) is 115 Å². The second kappa shape index (κ2) is 6.93. The molecule has 0 spiro atoms. The normalized spacial score (nSPS) is 12.4. The maximum absolute atomic E-state index is 11.9. The first kappa shape index (κ1) is 16.0. The van der Waals surface area contributed by atoms with Crippen LogP contribution in [0.25, 0.3) is 0 Å². The predicted molar refractivity (Wildman–Crippen MR) is 73.5 cm³/mol. The Hall–Kier alpha value is -2.05. The van der Waals surface area contributed by atoms with Crippen LogP contribution in [0.1, 0.15) is 37.9 Å². The Morgan fingerprint density at radius 1 is 1.30 bits per heavy atom. The molecule has 1 aromatic rings. The second-order valence-corrected chi connectivity index (χ2v) is 5.35. The number of aryl methyl sites for hydroxylation is 1. The number of hydrogen-bond donors (Lipinski definition) is 4. The van der Waals surface area contributed by atoms with E-state index in [0.29, 0.717) is 17.7 Å². The summed E-state index contributed by atoms with van der Waals surface area (Å²) in [6.45, 7) is 5.62. The van der Waals surface area contributed by atoms with E-state index in [1.54, 1.807) is 6.92 Å². The minimum absolute atomic E-state index is 0.0567. The summed E-state index contributed by atoms with van der Waals surface area (Å²) in [5, 5.41) is 16.6. The number of aliphatic carboxylic acids is 1. The number of aromatic amines is 2. The summed E-state index contributed by atoms with van der Waals surface area (Å²) in [5.74, 6) is -1.02. The fourth-order valence-electron chi connectivity index (χ4n) is 2.10. The Morgan fingerprint density at radius 2 is 1.95 bits per heavy atom. The van der Waals surface area contributed by atoms with E-state index in [0.717, 1.165) is 0 Å². The van der Waals surface area contributed by atoms with Crippen LogP contribution in [-0.4, -0.2) is 33.2 Å². The molecule has 1 unspecified atom stereocenters. The molecule has 7 nitrogen and oxygen atoms in total. The molecule has 4 N–H and O–H groups in total. The van der Waals surface area contributed by atoms with Crippen LogP contribution in [0.5, 0.6) is 0 Å². The molecular weight excluding hydrogens is 262 g/mol. The van der Waals surface area contributed by atoms with Crippen molar-refractivity contribution in [3.63, 3.8) is 0 Å². The first-order chi connectivity index (χ1) is 9.29. The van der Waals surface area contributed by atoms with E-state index in [1.807, 2.05) is 13.8 Å². The lowest BCUT2D eigenvalue weighted by molar-refractivity contribution is -0.137. The van der Waals surface area contributed by atoms with Gasteiger partial charge in [-0.1, -0.05) is 13.8 Å². The zero-order chi connectivity index (χ0) is 15.3. The number of aromatic nitrogens is 2. The quantitative estimate of drug-likeness (QED) is 0.585. The minimum atomic E-state index is -0.952. The van der Waals surface area contributed by atoms with Gasteiger partial charge in [0, 0.05) is 17.3 Å². The van der Waals surface area contributed by atoms with Crippen molar-refractivity contribution in [2.24, 2.45) is 5.92 Å². The molecule has 1 aromatic heterocycles. The average Bonchev–Trinajstić information content (AvgIpc) is 2.58. The number of amides is 1. The molecule has 0 saturated carbocycles. The maximum Gasteiger partial charge on any atom is 0.305 e. The Kier molecular flexibility index (Phi) is 5.54. The predicted octanol–water partition coefficient (Wildman–Crippen LogP) is 0.560. The van der Waals surface area contributed by atoms with Gasteiger partial charge in [0.1, 0.15) is 0 Å². The highest BCUT2D eigenvalue weighted by Crippen LogP contribution is 2.09. The van der Waals surface area contributed by atoms with Crippen LogP contribution in [0.4, 0.5) is 0 Å². The highest BCUT2D eigenvalue weighted by atomic mass is 16.4. The van der Waals surface area contributed by atoms with E-state index >= 15 is 0 Å². The molecule has 1 atom stereocenters. The van der Waals surface area contributed by atoms with E-state index in [2.05, 4.69) is 15.5 Å². The van der Waals surface area contributed by atoms with E-state index in [4.69, 9.17) is 5.11 Å². The van der Waals surface area contributed by atoms with E-state index in [-0.39, 0.29) is 30.2 Å². The van der Waals surface area contributed by atoms with Crippen LogP contribution in [0.2, 0.25) is 0 Å². The van der Waals surface area contributed by atoms with Gasteiger partial charge in [0.2, 0.25) is 5.91 Å². The average molecular weight is 283 g/mol. The molecule has 1 amide bonds. The molecular formula is C13H21N3O4. The molecule has 0 aliphatic heterocycles. The van der Waals surface area contributed by atoms with Crippen molar-refractivity contribution in [3.8, 4) is 0 Å². The lowest BCUT2D eigenvalue weighted by Crippen LogP contribution is -2.38. The molecule has 1 heterocycles. The molecule has 112 valence electrons. The van der Waals surface area contributed by atoms with Crippen LogP contribution >= 0.6 is 0 Å². The standard InChI is InChI=1S/C13H21N3O4/c1-7(2)4-9(5-12(18)19)14-11(17)6-10-8(3)15-16-13(10)20/h7,9H,4-6H2,1-3H3,(H,14,17)(H,18,19)(H2,15,16,20). The number of carbonyl (C=O) groups excluding carboxylic acids is 1. The molecule has 1 rings (SSSR count). The van der Waals surface area contributed by atoms with Crippen LogP contribution in [0, 0.1) is 12.8 Å². The van der Waals surface area contributed by atoms with Crippen LogP contribution in [0.3, 0.4) is 0 Å². The zero-order valence-electron chi connectivity index (χ0n) is 11.9. The van der Waals surface area contributed by atoms with E-state index in [9.17, 15) is 14.4 Å². The lowest BCUT2D eigenvalue weighted by atomic mass is 10.0. The lowest BCUT2D eigenvalue weighted by Gasteiger charge is -2.18. The first-order valence-corrected chi connectivity index (χ1v) is 6.56. The molecule has 0 aliphatic carbocycles. The van der Waals surface area contributed by atoms with Crippen LogP contribution in [-0.2, 0) is 16.0 Å². The molecule has 0 aromatic carbocycles. The maximum atomic E-state index is 11.9. The number of hydrogen-bond acceptors (Lipinski definition) is 3. The fraction of sp³-hybridized carbons (Fsp3) is 0.615. The van der Waals surface area contributed by atoms with Gasteiger partial charge in [-0.3, -0.25) is 19.5 Å².